The fourth-order valence-electron chi connectivity index (χ4n) is 5.56. The van der Waals surface area contributed by atoms with Crippen LogP contribution in [0.3, 0.4) is 0 Å². The number of β-amino-alcohol motifs (C(OH)–C–C–N with tert-alkyl or cyclic N) is 1. The highest BCUT2D eigenvalue weighted by Gasteiger charge is 2.62. The maximum absolute atomic E-state index is 14.3. The molecule has 13 nitrogen and oxygen atoms in total. The number of rotatable bonds is 10. The van der Waals surface area contributed by atoms with Crippen LogP contribution in [-0.2, 0) is 33.9 Å². The Balaban J connectivity index is 1.57. The van der Waals surface area contributed by atoms with Crippen LogP contribution in [0.15, 0.2) is 36.4 Å². The molecular weight excluding hydrogens is 587 g/mol. The summed E-state index contributed by atoms with van der Waals surface area (Å²) in [4.78, 5) is 53.6. The predicted molar refractivity (Wildman–Crippen MR) is 151 cm³/mol. The van der Waals surface area contributed by atoms with Gasteiger partial charge in [-0.15, -0.1) is 6.58 Å². The fourth-order valence-corrected chi connectivity index (χ4v) is 6.93. The summed E-state index contributed by atoms with van der Waals surface area (Å²) in [6.45, 7) is 7.60. The van der Waals surface area contributed by atoms with Gasteiger partial charge in [0.15, 0.2) is 0 Å². The molecule has 0 aromatic rings. The van der Waals surface area contributed by atoms with Crippen LogP contribution in [0.25, 0.3) is 0 Å². The maximum Gasteiger partial charge on any atom is 0.408 e. The topological polar surface area (TPSA) is 180 Å². The van der Waals surface area contributed by atoms with E-state index in [-0.39, 0.29) is 25.0 Å². The smallest absolute Gasteiger partial charge is 0.408 e. The van der Waals surface area contributed by atoms with Crippen molar-refractivity contribution in [1.29, 1.82) is 0 Å². The van der Waals surface area contributed by atoms with Crippen LogP contribution in [0.1, 0.15) is 52.9 Å². The van der Waals surface area contributed by atoms with E-state index in [1.54, 1.807) is 20.8 Å². The van der Waals surface area contributed by atoms with Crippen LogP contribution < -0.4 is 15.4 Å². The van der Waals surface area contributed by atoms with Gasteiger partial charge in [-0.2, -0.15) is 0 Å². The van der Waals surface area contributed by atoms with E-state index >= 15 is 0 Å². The number of hydrogen-bond donors (Lipinski definition) is 4. The first-order valence-corrected chi connectivity index (χ1v) is 15.6. The molecule has 0 aromatic heterocycles. The maximum atomic E-state index is 14.3. The number of sulfonamides is 1. The number of aliphatic hydroxyl groups is 1. The summed E-state index contributed by atoms with van der Waals surface area (Å²) in [6.07, 6.45) is 3.45. The first-order valence-electron chi connectivity index (χ1n) is 14.0. The largest absolute Gasteiger partial charge is 0.501 e. The molecule has 3 fully saturated rings. The van der Waals surface area contributed by atoms with Gasteiger partial charge in [0.25, 0.3) is 5.91 Å². The molecule has 43 heavy (non-hydrogen) atoms. The lowest BCUT2D eigenvalue weighted by Gasteiger charge is -2.34. The number of carbonyl (C=O) groups excluding carboxylic acids is 4. The van der Waals surface area contributed by atoms with Gasteiger partial charge < -0.3 is 30.1 Å². The van der Waals surface area contributed by atoms with Crippen molar-refractivity contribution in [3.8, 4) is 0 Å². The van der Waals surface area contributed by atoms with Crippen LogP contribution in [0.2, 0.25) is 0 Å². The average molecular weight is 627 g/mol. The zero-order chi connectivity index (χ0) is 32.0. The summed E-state index contributed by atoms with van der Waals surface area (Å²) >= 11 is 0. The minimum absolute atomic E-state index is 0.0780. The van der Waals surface area contributed by atoms with Crippen molar-refractivity contribution in [2.75, 3.05) is 20.2 Å². The van der Waals surface area contributed by atoms with Gasteiger partial charge in [0.05, 0.1) is 30.4 Å². The molecule has 0 spiro atoms. The van der Waals surface area contributed by atoms with Crippen molar-refractivity contribution in [2.24, 2.45) is 11.8 Å². The molecule has 15 heteroatoms. The number of nitrogens with one attached hydrogen (secondary N) is 3. The Morgan fingerprint density at radius 3 is 2.44 bits per heavy atom. The third-order valence-corrected chi connectivity index (χ3v) is 9.90. The van der Waals surface area contributed by atoms with Crippen LogP contribution in [-0.4, -0.2) is 90.5 Å². The fraction of sp³-hybridized carbons (Fsp3) is 0.643. The number of likely N-dealkylation sites (tertiary alicyclic amines) is 1. The molecule has 4 aliphatic rings. The molecule has 1 saturated heterocycles. The Kier molecular flexibility index (Phi) is 8.73. The first kappa shape index (κ1) is 32.5. The molecule has 0 aromatic carbocycles. The quantitative estimate of drug-likeness (QED) is 0.257. The van der Waals surface area contributed by atoms with Crippen molar-refractivity contribution >= 4 is 33.8 Å². The lowest BCUT2D eigenvalue weighted by molar-refractivity contribution is -0.139. The zero-order valence-corrected chi connectivity index (χ0v) is 25.5. The van der Waals surface area contributed by atoms with Crippen LogP contribution in [0.4, 0.5) is 9.18 Å². The van der Waals surface area contributed by atoms with E-state index in [9.17, 15) is 37.1 Å². The Morgan fingerprint density at radius 1 is 1.21 bits per heavy atom. The molecule has 4 N–H and O–H groups in total. The number of carbonyl (C=O) groups is 4. The number of amides is 4. The molecule has 238 valence electrons. The monoisotopic (exact) mass is 626 g/mol. The second-order valence-corrected chi connectivity index (χ2v) is 14.5. The van der Waals surface area contributed by atoms with Gasteiger partial charge in [0.2, 0.25) is 21.8 Å². The number of alkyl carbamates (subject to hydrolysis) is 1. The molecule has 1 aliphatic heterocycles. The molecule has 0 bridgehead atoms. The summed E-state index contributed by atoms with van der Waals surface area (Å²) in [7, 11) is -2.57. The Hall–Kier alpha value is -3.46. The molecule has 5 atom stereocenters. The number of halogens is 1. The molecule has 2 saturated carbocycles. The van der Waals surface area contributed by atoms with Gasteiger partial charge in [-0.25, -0.2) is 17.6 Å². The number of nitrogens with zero attached hydrogens (tertiary/aromatic N) is 1. The van der Waals surface area contributed by atoms with Gasteiger partial charge >= 0.3 is 6.09 Å². The second-order valence-electron chi connectivity index (χ2n) is 12.5. The SMILES string of the molecule is C=C[C@@H]1C[C@]1(NC(=O)[C@@H]1C[C@@](O)(C2CC(F)=CC=C2OC)CN1C(=O)CNC(=O)OC(C)(C)C)C(=O)NS(=O)(=O)C1CC1. The van der Waals surface area contributed by atoms with E-state index in [1.807, 2.05) is 0 Å². The van der Waals surface area contributed by atoms with Crippen LogP contribution in [0, 0.1) is 11.8 Å². The van der Waals surface area contributed by atoms with E-state index in [0.29, 0.717) is 12.8 Å². The molecular formula is C28H39FN4O9S. The number of hydrogen-bond acceptors (Lipinski definition) is 9. The lowest BCUT2D eigenvalue weighted by atomic mass is 9.79. The van der Waals surface area contributed by atoms with Crippen molar-refractivity contribution in [3.05, 3.63) is 36.4 Å². The van der Waals surface area contributed by atoms with Gasteiger partial charge in [-0.05, 0) is 52.2 Å². The van der Waals surface area contributed by atoms with E-state index < -0.39 is 92.6 Å². The van der Waals surface area contributed by atoms with Crippen molar-refractivity contribution < 1.29 is 46.6 Å². The summed E-state index contributed by atoms with van der Waals surface area (Å²) in [5.41, 5.74) is -4.29. The normalized spacial score (nSPS) is 30.4. The van der Waals surface area contributed by atoms with E-state index in [4.69, 9.17) is 9.47 Å². The minimum Gasteiger partial charge on any atom is -0.501 e. The summed E-state index contributed by atoms with van der Waals surface area (Å²) in [5.74, 6) is -4.31. The molecule has 4 amide bonds. The highest BCUT2D eigenvalue weighted by atomic mass is 32.2. The first-order chi connectivity index (χ1) is 19.9. The molecule has 3 aliphatic carbocycles. The van der Waals surface area contributed by atoms with Crippen LogP contribution in [0.5, 0.6) is 0 Å². The summed E-state index contributed by atoms with van der Waals surface area (Å²) in [5, 5.41) is 16.0. The lowest BCUT2D eigenvalue weighted by Crippen LogP contribution is -2.57. The average Bonchev–Trinajstić information content (AvgIpc) is 3.83. The van der Waals surface area contributed by atoms with E-state index in [2.05, 4.69) is 21.9 Å². The second kappa shape index (κ2) is 11.6. The molecule has 4 rings (SSSR count). The van der Waals surface area contributed by atoms with Gasteiger partial charge in [-0.3, -0.25) is 19.1 Å². The van der Waals surface area contributed by atoms with Gasteiger partial charge in [-0.1, -0.05) is 6.08 Å². The molecule has 0 radical (unpaired) electrons. The summed E-state index contributed by atoms with van der Waals surface area (Å²) in [6, 6.07) is -1.36. The van der Waals surface area contributed by atoms with Gasteiger partial charge in [0, 0.05) is 18.8 Å². The number of allylic oxidation sites excluding steroid dienone is 3. The van der Waals surface area contributed by atoms with Gasteiger partial charge in [0.1, 0.15) is 35.3 Å². The van der Waals surface area contributed by atoms with E-state index in [1.165, 1.54) is 25.3 Å². The predicted octanol–water partition coefficient (Wildman–Crippen LogP) is 0.916. The Morgan fingerprint density at radius 2 is 1.88 bits per heavy atom. The highest BCUT2D eigenvalue weighted by molar-refractivity contribution is 7.91. The third-order valence-electron chi connectivity index (χ3n) is 8.08. The molecule has 1 heterocycles. The minimum atomic E-state index is -3.92. The van der Waals surface area contributed by atoms with Crippen molar-refractivity contribution in [3.63, 3.8) is 0 Å². The standard InChI is InChI=1S/C28H39FN4O9S/c1-6-16-12-28(16,24(36)32-43(39,40)18-8-9-18)31-23(35)20-13-27(38,19-11-17(29)7-10-21(19)41-5)15-33(20)22(34)14-30-25(37)42-26(2,3)4/h6-7,10,16,18-20,38H,1,8-9,11-15H2,2-5H3,(H,30,37)(H,31,35)(H,32,36)/t16-,19?,20+,27+,28-/m1/s1. The Bertz CT molecular complexity index is 1370. The molecule has 1 unspecified atom stereocenters. The zero-order valence-electron chi connectivity index (χ0n) is 24.6. The van der Waals surface area contributed by atoms with E-state index in [0.717, 1.165) is 4.90 Å². The van der Waals surface area contributed by atoms with Crippen molar-refractivity contribution in [1.82, 2.24) is 20.3 Å². The summed E-state index contributed by atoms with van der Waals surface area (Å²) < 4.78 is 51.9. The number of ether oxygens (including phenoxy) is 2. The highest BCUT2D eigenvalue weighted by Crippen LogP contribution is 2.47. The number of methoxy groups -OCH3 is 1. The van der Waals surface area contributed by atoms with Crippen molar-refractivity contribution in [2.45, 2.75) is 80.9 Å². The van der Waals surface area contributed by atoms with Crippen LogP contribution >= 0.6 is 0 Å². The third kappa shape index (κ3) is 7.03. The Labute approximate surface area is 250 Å².